The normalized spacial score (nSPS) is 12.4. The summed E-state index contributed by atoms with van der Waals surface area (Å²) in [6, 6.07) is 3.07. The van der Waals surface area contributed by atoms with Gasteiger partial charge in [0, 0.05) is 25.3 Å². The van der Waals surface area contributed by atoms with Crippen LogP contribution in [0.1, 0.15) is 27.7 Å². The van der Waals surface area contributed by atoms with Crippen LogP contribution in [0.15, 0.2) is 23.2 Å². The minimum Gasteiger partial charge on any atom is -0.373 e. The largest absolute Gasteiger partial charge is 0.373 e. The van der Waals surface area contributed by atoms with Crippen LogP contribution in [0.4, 0.5) is 5.82 Å². The second-order valence-electron chi connectivity index (χ2n) is 4.65. The topological polar surface area (TPSA) is 62.3 Å². The Kier molecular flexibility index (Phi) is 4.70. The number of hydrogen-bond donors (Lipinski definition) is 1. The molecular weight excluding hydrogens is 250 g/mol. The molecule has 1 N–H and O–H groups in total. The van der Waals surface area contributed by atoms with E-state index in [-0.39, 0.29) is 17.0 Å². The van der Waals surface area contributed by atoms with E-state index in [2.05, 4.69) is 10.3 Å². The van der Waals surface area contributed by atoms with Crippen molar-refractivity contribution in [1.82, 2.24) is 9.29 Å². The van der Waals surface area contributed by atoms with Crippen molar-refractivity contribution in [2.75, 3.05) is 12.4 Å². The molecule has 1 aromatic rings. The Hall–Kier alpha value is -1.14. The molecule has 6 heteroatoms. The number of hydrogen-bond acceptors (Lipinski definition) is 4. The van der Waals surface area contributed by atoms with E-state index >= 15 is 0 Å². The molecule has 0 spiro atoms. The average molecular weight is 271 g/mol. The fourth-order valence-corrected chi connectivity index (χ4v) is 3.73. The molecule has 0 aromatic carbocycles. The van der Waals surface area contributed by atoms with Crippen LogP contribution in [0, 0.1) is 0 Å². The van der Waals surface area contributed by atoms with Crippen molar-refractivity contribution in [2.45, 2.75) is 44.7 Å². The average Bonchev–Trinajstić information content (AvgIpc) is 2.27. The van der Waals surface area contributed by atoms with Gasteiger partial charge in [-0.15, -0.1) is 0 Å². The number of pyridine rings is 1. The molecule has 1 heterocycles. The molecule has 102 valence electrons. The highest BCUT2D eigenvalue weighted by Gasteiger charge is 2.29. The van der Waals surface area contributed by atoms with E-state index in [4.69, 9.17) is 0 Å². The third-order valence-corrected chi connectivity index (χ3v) is 4.82. The summed E-state index contributed by atoms with van der Waals surface area (Å²) >= 11 is 0. The molecular formula is C12H21N3O2S. The monoisotopic (exact) mass is 271 g/mol. The standard InChI is InChI=1S/C12H21N3O2S/c1-9(2)15(10(3)4)18(16,17)11-6-7-12(13-5)14-8-11/h6-10H,1-5H3,(H,13,14). The van der Waals surface area contributed by atoms with Crippen LogP contribution in [-0.4, -0.2) is 36.8 Å². The van der Waals surface area contributed by atoms with Crippen molar-refractivity contribution in [3.8, 4) is 0 Å². The van der Waals surface area contributed by atoms with E-state index in [9.17, 15) is 8.42 Å². The first-order valence-corrected chi connectivity index (χ1v) is 7.42. The maximum Gasteiger partial charge on any atom is 0.245 e. The van der Waals surface area contributed by atoms with E-state index in [0.29, 0.717) is 5.82 Å². The third-order valence-electron chi connectivity index (χ3n) is 2.59. The Balaban J connectivity index is 3.18. The number of sulfonamides is 1. The summed E-state index contributed by atoms with van der Waals surface area (Å²) in [6.45, 7) is 7.47. The molecule has 1 aromatic heterocycles. The van der Waals surface area contributed by atoms with Crippen LogP contribution in [0.3, 0.4) is 0 Å². The first kappa shape index (κ1) is 14.9. The van der Waals surface area contributed by atoms with Gasteiger partial charge in [-0.3, -0.25) is 0 Å². The van der Waals surface area contributed by atoms with E-state index < -0.39 is 10.0 Å². The van der Waals surface area contributed by atoms with Crippen molar-refractivity contribution in [3.05, 3.63) is 18.3 Å². The minimum atomic E-state index is -3.48. The number of nitrogens with one attached hydrogen (secondary N) is 1. The summed E-state index contributed by atoms with van der Waals surface area (Å²) < 4.78 is 26.4. The highest BCUT2D eigenvalue weighted by Crippen LogP contribution is 2.21. The van der Waals surface area contributed by atoms with Gasteiger partial charge in [0.15, 0.2) is 0 Å². The fourth-order valence-electron chi connectivity index (χ4n) is 1.95. The van der Waals surface area contributed by atoms with E-state index in [1.54, 1.807) is 19.2 Å². The second kappa shape index (κ2) is 5.67. The van der Waals surface area contributed by atoms with Gasteiger partial charge in [0.1, 0.15) is 10.7 Å². The Morgan fingerprint density at radius 2 is 1.72 bits per heavy atom. The molecule has 0 unspecified atom stereocenters. The molecule has 0 fully saturated rings. The summed E-state index contributed by atoms with van der Waals surface area (Å²) in [6.07, 6.45) is 1.39. The molecule has 18 heavy (non-hydrogen) atoms. The molecule has 5 nitrogen and oxygen atoms in total. The van der Waals surface area contributed by atoms with E-state index in [0.717, 1.165) is 0 Å². The third kappa shape index (κ3) is 3.00. The van der Waals surface area contributed by atoms with Crippen LogP contribution >= 0.6 is 0 Å². The lowest BCUT2D eigenvalue weighted by Gasteiger charge is -2.29. The van der Waals surface area contributed by atoms with Gasteiger partial charge in [-0.1, -0.05) is 0 Å². The highest BCUT2D eigenvalue weighted by atomic mass is 32.2. The van der Waals surface area contributed by atoms with Crippen molar-refractivity contribution in [3.63, 3.8) is 0 Å². The maximum atomic E-state index is 12.5. The second-order valence-corrected chi connectivity index (χ2v) is 6.49. The van der Waals surface area contributed by atoms with Crippen molar-refractivity contribution in [1.29, 1.82) is 0 Å². The SMILES string of the molecule is CNc1ccc(S(=O)(=O)N(C(C)C)C(C)C)cn1. The Morgan fingerprint density at radius 1 is 1.17 bits per heavy atom. The zero-order valence-electron chi connectivity index (χ0n) is 11.5. The van der Waals surface area contributed by atoms with Crippen molar-refractivity contribution >= 4 is 15.8 Å². The molecule has 0 aliphatic rings. The Bertz CT molecular complexity index is 473. The van der Waals surface area contributed by atoms with Crippen LogP contribution in [-0.2, 0) is 10.0 Å². The zero-order chi connectivity index (χ0) is 13.9. The first-order chi connectivity index (χ1) is 8.30. The van der Waals surface area contributed by atoms with Gasteiger partial charge in [-0.25, -0.2) is 13.4 Å². The lowest BCUT2D eigenvalue weighted by molar-refractivity contribution is 0.302. The molecule has 0 atom stereocenters. The predicted octanol–water partition coefficient (Wildman–Crippen LogP) is 1.93. The quantitative estimate of drug-likeness (QED) is 0.889. The van der Waals surface area contributed by atoms with Crippen LogP contribution in [0.25, 0.3) is 0 Å². The van der Waals surface area contributed by atoms with Crippen molar-refractivity contribution in [2.24, 2.45) is 0 Å². The number of anilines is 1. The van der Waals surface area contributed by atoms with Crippen LogP contribution in [0.5, 0.6) is 0 Å². The van der Waals surface area contributed by atoms with Gasteiger partial charge in [-0.2, -0.15) is 4.31 Å². The fraction of sp³-hybridized carbons (Fsp3) is 0.583. The van der Waals surface area contributed by atoms with Gasteiger partial charge < -0.3 is 5.32 Å². The molecule has 0 aliphatic heterocycles. The number of rotatable bonds is 5. The lowest BCUT2D eigenvalue weighted by atomic mass is 10.3. The molecule has 0 amide bonds. The van der Waals surface area contributed by atoms with Gasteiger partial charge in [-0.05, 0) is 39.8 Å². The van der Waals surface area contributed by atoms with Crippen LogP contribution < -0.4 is 5.32 Å². The lowest BCUT2D eigenvalue weighted by Crippen LogP contribution is -2.41. The summed E-state index contributed by atoms with van der Waals surface area (Å²) in [5.41, 5.74) is 0. The number of nitrogens with zero attached hydrogens (tertiary/aromatic N) is 2. The first-order valence-electron chi connectivity index (χ1n) is 5.98. The van der Waals surface area contributed by atoms with Gasteiger partial charge >= 0.3 is 0 Å². The van der Waals surface area contributed by atoms with E-state index in [1.165, 1.54) is 10.5 Å². The van der Waals surface area contributed by atoms with Gasteiger partial charge in [0.05, 0.1) is 0 Å². The van der Waals surface area contributed by atoms with Crippen LogP contribution in [0.2, 0.25) is 0 Å². The summed E-state index contributed by atoms with van der Waals surface area (Å²) in [5, 5.41) is 2.86. The Labute approximate surface area is 109 Å². The number of aromatic nitrogens is 1. The molecule has 1 rings (SSSR count). The zero-order valence-corrected chi connectivity index (χ0v) is 12.3. The molecule has 0 bridgehead atoms. The molecule has 0 saturated carbocycles. The summed E-state index contributed by atoms with van der Waals surface area (Å²) in [7, 11) is -1.74. The van der Waals surface area contributed by atoms with Crippen molar-refractivity contribution < 1.29 is 8.42 Å². The Morgan fingerprint density at radius 3 is 2.06 bits per heavy atom. The molecule has 0 radical (unpaired) electrons. The predicted molar refractivity (Wildman–Crippen MR) is 73.1 cm³/mol. The smallest absolute Gasteiger partial charge is 0.245 e. The van der Waals surface area contributed by atoms with E-state index in [1.807, 2.05) is 27.7 Å². The van der Waals surface area contributed by atoms with Gasteiger partial charge in [0.2, 0.25) is 10.0 Å². The minimum absolute atomic E-state index is 0.0843. The molecule has 0 saturated heterocycles. The van der Waals surface area contributed by atoms with Gasteiger partial charge in [0.25, 0.3) is 0 Å². The maximum absolute atomic E-state index is 12.5. The highest BCUT2D eigenvalue weighted by molar-refractivity contribution is 7.89. The summed E-state index contributed by atoms with van der Waals surface area (Å²) in [5.74, 6) is 0.648. The summed E-state index contributed by atoms with van der Waals surface area (Å²) in [4.78, 5) is 4.27. The molecule has 0 aliphatic carbocycles.